The number of esters is 1. The van der Waals surface area contributed by atoms with Crippen LogP contribution in [0, 0.1) is 0 Å². The summed E-state index contributed by atoms with van der Waals surface area (Å²) in [6.07, 6.45) is 0.330. The topological polar surface area (TPSA) is 79.5 Å². The highest BCUT2D eigenvalue weighted by Crippen LogP contribution is 2.33. The molecule has 186 valence electrons. The molecule has 0 spiro atoms. The molecule has 6 heteroatoms. The fourth-order valence-corrected chi connectivity index (χ4v) is 4.11. The molecule has 0 aliphatic heterocycles. The molecule has 0 bridgehead atoms. The van der Waals surface area contributed by atoms with E-state index in [1.165, 1.54) is 32.7 Å². The van der Waals surface area contributed by atoms with Crippen LogP contribution in [0.25, 0.3) is 21.5 Å². The predicted molar refractivity (Wildman–Crippen MR) is 143 cm³/mol. The van der Waals surface area contributed by atoms with Gasteiger partial charge < -0.3 is 20.7 Å². The molecule has 35 heavy (non-hydrogen) atoms. The molecule has 6 nitrogen and oxygen atoms in total. The third-order valence-corrected chi connectivity index (χ3v) is 5.66. The van der Waals surface area contributed by atoms with Gasteiger partial charge in [-0.15, -0.1) is 0 Å². The van der Waals surface area contributed by atoms with Crippen molar-refractivity contribution in [3.8, 4) is 0 Å². The van der Waals surface area contributed by atoms with Crippen LogP contribution in [0.2, 0.25) is 0 Å². The zero-order chi connectivity index (χ0) is 25.4. The van der Waals surface area contributed by atoms with Crippen molar-refractivity contribution in [2.75, 3.05) is 19.6 Å². The molecule has 0 saturated carbocycles. The van der Waals surface area contributed by atoms with Crippen LogP contribution in [-0.2, 0) is 27.4 Å². The summed E-state index contributed by atoms with van der Waals surface area (Å²) in [6.45, 7) is 14.1. The Morgan fingerprint density at radius 2 is 1.26 bits per heavy atom. The molecule has 0 unspecified atom stereocenters. The van der Waals surface area contributed by atoms with E-state index in [0.29, 0.717) is 44.7 Å². The second-order valence-corrected chi connectivity index (χ2v) is 9.77. The number of amides is 1. The summed E-state index contributed by atoms with van der Waals surface area (Å²) in [5.41, 5.74) is 2.50. The van der Waals surface area contributed by atoms with Gasteiger partial charge in [0.1, 0.15) is 5.60 Å². The Balaban J connectivity index is 1.76. The van der Waals surface area contributed by atoms with Crippen LogP contribution in [0.1, 0.15) is 45.2 Å². The Labute approximate surface area is 208 Å². The SMILES string of the molecule is C=C(C)C(=O)NCCNCc1c2ccccc2c(CNCCC(=O)OC(C)(C)C)c2ccccc12. The Kier molecular flexibility index (Phi) is 9.01. The van der Waals surface area contributed by atoms with Gasteiger partial charge in [0, 0.05) is 38.3 Å². The number of carbonyl (C=O) groups excluding carboxylic acids is 2. The van der Waals surface area contributed by atoms with Crippen LogP contribution in [0.5, 0.6) is 0 Å². The minimum Gasteiger partial charge on any atom is -0.460 e. The summed E-state index contributed by atoms with van der Waals surface area (Å²) in [4.78, 5) is 23.8. The van der Waals surface area contributed by atoms with Gasteiger partial charge in [-0.3, -0.25) is 9.59 Å². The molecule has 1 amide bonds. The van der Waals surface area contributed by atoms with Gasteiger partial charge in [0.05, 0.1) is 6.42 Å². The van der Waals surface area contributed by atoms with Gasteiger partial charge in [-0.1, -0.05) is 55.1 Å². The fraction of sp³-hybridized carbons (Fsp3) is 0.379. The molecular formula is C29H37N3O3. The Morgan fingerprint density at radius 1 is 0.800 bits per heavy atom. The van der Waals surface area contributed by atoms with Crippen molar-refractivity contribution >= 4 is 33.4 Å². The number of nitrogens with one attached hydrogen (secondary N) is 3. The van der Waals surface area contributed by atoms with Crippen molar-refractivity contribution in [2.45, 2.75) is 52.8 Å². The lowest BCUT2D eigenvalue weighted by atomic mass is 9.91. The third kappa shape index (κ3) is 7.38. The molecule has 3 aromatic rings. The average molecular weight is 476 g/mol. The van der Waals surface area contributed by atoms with Crippen LogP contribution in [0.4, 0.5) is 0 Å². The quantitative estimate of drug-likeness (QED) is 0.164. The summed E-state index contributed by atoms with van der Waals surface area (Å²) in [6, 6.07) is 16.9. The van der Waals surface area contributed by atoms with E-state index < -0.39 is 5.60 Å². The van der Waals surface area contributed by atoms with Crippen molar-refractivity contribution < 1.29 is 14.3 Å². The second-order valence-electron chi connectivity index (χ2n) is 9.77. The van der Waals surface area contributed by atoms with Crippen LogP contribution in [0.3, 0.4) is 0 Å². The Morgan fingerprint density at radius 3 is 1.69 bits per heavy atom. The summed E-state index contributed by atoms with van der Waals surface area (Å²) in [5.74, 6) is -0.313. The van der Waals surface area contributed by atoms with Crippen molar-refractivity contribution in [3.63, 3.8) is 0 Å². The molecule has 3 N–H and O–H groups in total. The van der Waals surface area contributed by atoms with Crippen molar-refractivity contribution in [1.29, 1.82) is 0 Å². The highest BCUT2D eigenvalue weighted by Gasteiger charge is 2.16. The van der Waals surface area contributed by atoms with E-state index in [1.54, 1.807) is 6.92 Å². The van der Waals surface area contributed by atoms with Crippen LogP contribution < -0.4 is 16.0 Å². The molecule has 0 atom stereocenters. The van der Waals surface area contributed by atoms with E-state index in [4.69, 9.17) is 4.74 Å². The third-order valence-electron chi connectivity index (χ3n) is 5.66. The summed E-state index contributed by atoms with van der Waals surface area (Å²) >= 11 is 0. The molecule has 3 aromatic carbocycles. The van der Waals surface area contributed by atoms with E-state index in [0.717, 1.165) is 0 Å². The normalized spacial score (nSPS) is 11.5. The Bertz CT molecular complexity index is 1150. The van der Waals surface area contributed by atoms with Gasteiger partial charge in [-0.05, 0) is 60.4 Å². The van der Waals surface area contributed by atoms with Crippen LogP contribution in [-0.4, -0.2) is 37.1 Å². The number of hydrogen-bond acceptors (Lipinski definition) is 5. The minimum atomic E-state index is -0.469. The van der Waals surface area contributed by atoms with Crippen molar-refractivity contribution in [1.82, 2.24) is 16.0 Å². The highest BCUT2D eigenvalue weighted by atomic mass is 16.6. The fourth-order valence-electron chi connectivity index (χ4n) is 4.11. The number of rotatable bonds is 11. The van der Waals surface area contributed by atoms with E-state index in [2.05, 4.69) is 71.1 Å². The lowest BCUT2D eigenvalue weighted by Crippen LogP contribution is -2.31. The van der Waals surface area contributed by atoms with Gasteiger partial charge in [-0.25, -0.2) is 0 Å². The molecule has 0 aliphatic rings. The molecule has 0 fully saturated rings. The first kappa shape index (κ1) is 26.4. The lowest BCUT2D eigenvalue weighted by Gasteiger charge is -2.20. The van der Waals surface area contributed by atoms with Gasteiger partial charge >= 0.3 is 5.97 Å². The van der Waals surface area contributed by atoms with Crippen molar-refractivity contribution in [3.05, 3.63) is 71.8 Å². The molecular weight excluding hydrogens is 438 g/mol. The summed E-state index contributed by atoms with van der Waals surface area (Å²) in [7, 11) is 0. The zero-order valence-corrected chi connectivity index (χ0v) is 21.3. The zero-order valence-electron chi connectivity index (χ0n) is 21.3. The molecule has 0 heterocycles. The van der Waals surface area contributed by atoms with Crippen LogP contribution in [0.15, 0.2) is 60.7 Å². The predicted octanol–water partition coefficient (Wildman–Crippen LogP) is 4.60. The summed E-state index contributed by atoms with van der Waals surface area (Å²) < 4.78 is 5.41. The average Bonchev–Trinajstić information content (AvgIpc) is 2.80. The first-order valence-corrected chi connectivity index (χ1v) is 12.2. The highest BCUT2D eigenvalue weighted by molar-refractivity contribution is 6.05. The molecule has 0 saturated heterocycles. The van der Waals surface area contributed by atoms with E-state index >= 15 is 0 Å². The first-order chi connectivity index (χ1) is 16.7. The van der Waals surface area contributed by atoms with E-state index in [9.17, 15) is 9.59 Å². The Hall–Kier alpha value is -3.22. The maximum absolute atomic E-state index is 12.1. The molecule has 3 rings (SSSR count). The summed E-state index contributed by atoms with van der Waals surface area (Å²) in [5, 5.41) is 14.6. The smallest absolute Gasteiger partial charge is 0.307 e. The number of fused-ring (bicyclic) bond motifs is 2. The number of carbonyl (C=O) groups is 2. The number of benzene rings is 3. The van der Waals surface area contributed by atoms with E-state index in [-0.39, 0.29) is 11.9 Å². The lowest BCUT2D eigenvalue weighted by molar-refractivity contribution is -0.154. The molecule has 0 radical (unpaired) electrons. The van der Waals surface area contributed by atoms with Gasteiger partial charge in [0.25, 0.3) is 0 Å². The monoisotopic (exact) mass is 475 g/mol. The van der Waals surface area contributed by atoms with E-state index in [1.807, 2.05) is 20.8 Å². The molecule has 0 aliphatic carbocycles. The maximum atomic E-state index is 12.1. The maximum Gasteiger partial charge on any atom is 0.307 e. The number of ether oxygens (including phenoxy) is 1. The van der Waals surface area contributed by atoms with Gasteiger partial charge in [0.15, 0.2) is 0 Å². The largest absolute Gasteiger partial charge is 0.460 e. The number of hydrogen-bond donors (Lipinski definition) is 3. The van der Waals surface area contributed by atoms with Gasteiger partial charge in [-0.2, -0.15) is 0 Å². The van der Waals surface area contributed by atoms with Gasteiger partial charge in [0.2, 0.25) is 5.91 Å². The molecule has 0 aromatic heterocycles. The van der Waals surface area contributed by atoms with Crippen molar-refractivity contribution in [2.24, 2.45) is 0 Å². The van der Waals surface area contributed by atoms with Crippen LogP contribution >= 0.6 is 0 Å². The first-order valence-electron chi connectivity index (χ1n) is 12.2. The minimum absolute atomic E-state index is 0.119. The second kappa shape index (κ2) is 12.0. The standard InChI is InChI=1S/C29H37N3O3/c1-20(2)28(34)32-17-16-31-19-26-23-12-8-6-10-21(23)25(22-11-7-9-13-24(22)26)18-30-15-14-27(33)35-29(3,4)5/h6-13,30-31H,1,14-19H2,2-5H3,(H,32,34).